The standard InChI is InChI=1S/C25H28FN5O2/c1-15-22(16(2)33-30-15)18-9-21-23(27-10-18)20(19-11-28-24(32-4)29-12-19)14-31(21)13-17-5-7-25(3,26)8-6-17/h9-12,14,17H,5-8,13H2,1-4H3/i13D2. The molecule has 1 aliphatic rings. The molecule has 0 spiro atoms. The number of hydrogen-bond acceptors (Lipinski definition) is 6. The summed E-state index contributed by atoms with van der Waals surface area (Å²) in [7, 11) is 1.50. The van der Waals surface area contributed by atoms with Gasteiger partial charge in [0.2, 0.25) is 0 Å². The number of halogens is 1. The van der Waals surface area contributed by atoms with Crippen molar-refractivity contribution in [3.8, 4) is 28.3 Å². The number of fused-ring (bicyclic) bond motifs is 1. The smallest absolute Gasteiger partial charge is 0.316 e. The summed E-state index contributed by atoms with van der Waals surface area (Å²) >= 11 is 0. The third kappa shape index (κ3) is 4.10. The van der Waals surface area contributed by atoms with Crippen molar-refractivity contribution >= 4 is 11.0 Å². The van der Waals surface area contributed by atoms with Crippen molar-refractivity contribution in [1.29, 1.82) is 0 Å². The first-order chi connectivity index (χ1) is 16.6. The molecular weight excluding hydrogens is 421 g/mol. The lowest BCUT2D eigenvalue weighted by Crippen LogP contribution is -2.27. The lowest BCUT2D eigenvalue weighted by Gasteiger charge is -2.31. The Labute approximate surface area is 194 Å². The average molecular weight is 452 g/mol. The number of rotatable bonds is 5. The van der Waals surface area contributed by atoms with Gasteiger partial charge in [-0.25, -0.2) is 14.4 Å². The normalized spacial score (nSPS) is 22.3. The Morgan fingerprint density at radius 2 is 1.88 bits per heavy atom. The van der Waals surface area contributed by atoms with E-state index in [1.165, 1.54) is 7.11 Å². The number of nitrogens with zero attached hydrogens (tertiary/aromatic N) is 5. The fourth-order valence-electron chi connectivity index (χ4n) is 4.56. The van der Waals surface area contributed by atoms with E-state index in [0.717, 1.165) is 16.8 Å². The van der Waals surface area contributed by atoms with Crippen molar-refractivity contribution in [2.45, 2.75) is 58.6 Å². The molecule has 0 amide bonds. The zero-order valence-corrected chi connectivity index (χ0v) is 19.2. The molecule has 4 aromatic rings. The second-order valence-electron chi connectivity index (χ2n) is 8.98. The highest BCUT2D eigenvalue weighted by Crippen LogP contribution is 2.38. The van der Waals surface area contributed by atoms with E-state index in [-0.39, 0.29) is 11.9 Å². The van der Waals surface area contributed by atoms with E-state index in [2.05, 4.69) is 15.1 Å². The molecule has 8 heteroatoms. The number of ether oxygens (including phenoxy) is 1. The molecule has 0 aromatic carbocycles. The lowest BCUT2D eigenvalue weighted by atomic mass is 9.81. The van der Waals surface area contributed by atoms with Crippen LogP contribution >= 0.6 is 0 Å². The van der Waals surface area contributed by atoms with Gasteiger partial charge < -0.3 is 13.8 Å². The number of aryl methyl sites for hydroxylation is 2. The summed E-state index contributed by atoms with van der Waals surface area (Å²) in [5.41, 5.74) is 3.80. The van der Waals surface area contributed by atoms with E-state index in [1.807, 2.05) is 19.9 Å². The first-order valence-corrected chi connectivity index (χ1v) is 11.1. The van der Waals surface area contributed by atoms with Crippen molar-refractivity contribution in [2.75, 3.05) is 7.11 Å². The van der Waals surface area contributed by atoms with Gasteiger partial charge in [-0.1, -0.05) is 5.16 Å². The van der Waals surface area contributed by atoms with Crippen LogP contribution in [-0.2, 0) is 6.50 Å². The summed E-state index contributed by atoms with van der Waals surface area (Å²) in [5, 5.41) is 4.05. The quantitative estimate of drug-likeness (QED) is 0.388. The van der Waals surface area contributed by atoms with Gasteiger partial charge in [0.1, 0.15) is 11.4 Å². The molecular formula is C25H28FN5O2. The maximum absolute atomic E-state index is 14.5. The zero-order chi connectivity index (χ0) is 25.0. The van der Waals surface area contributed by atoms with Crippen LogP contribution in [0.15, 0.2) is 35.4 Å². The van der Waals surface area contributed by atoms with Gasteiger partial charge in [-0.15, -0.1) is 0 Å². The molecule has 1 fully saturated rings. The van der Waals surface area contributed by atoms with Crippen LogP contribution in [0, 0.1) is 19.8 Å². The first kappa shape index (κ1) is 19.2. The second-order valence-corrected chi connectivity index (χ2v) is 8.98. The van der Waals surface area contributed by atoms with E-state index in [9.17, 15) is 4.39 Å². The van der Waals surface area contributed by atoms with Crippen LogP contribution < -0.4 is 4.74 Å². The van der Waals surface area contributed by atoms with Crippen LogP contribution in [-0.4, -0.2) is 37.5 Å². The summed E-state index contributed by atoms with van der Waals surface area (Å²) in [5.74, 6) is 0.340. The molecule has 4 heterocycles. The molecule has 0 radical (unpaired) electrons. The van der Waals surface area contributed by atoms with Gasteiger partial charge in [0, 0.05) is 53.5 Å². The van der Waals surface area contributed by atoms with Gasteiger partial charge in [-0.05, 0) is 58.4 Å². The third-order valence-electron chi connectivity index (χ3n) is 6.43. The number of aromatic nitrogens is 5. The Morgan fingerprint density at radius 1 is 1.18 bits per heavy atom. The zero-order valence-electron chi connectivity index (χ0n) is 21.2. The van der Waals surface area contributed by atoms with Crippen LogP contribution in [0.3, 0.4) is 0 Å². The minimum Gasteiger partial charge on any atom is -0.467 e. The Bertz CT molecular complexity index is 1350. The van der Waals surface area contributed by atoms with Crippen molar-refractivity contribution in [3.63, 3.8) is 0 Å². The van der Waals surface area contributed by atoms with Crippen LogP contribution in [0.5, 0.6) is 6.01 Å². The van der Waals surface area contributed by atoms with Gasteiger partial charge in [-0.3, -0.25) is 4.98 Å². The van der Waals surface area contributed by atoms with E-state index in [0.29, 0.717) is 53.6 Å². The van der Waals surface area contributed by atoms with E-state index in [4.69, 9.17) is 17.0 Å². The molecule has 7 nitrogen and oxygen atoms in total. The molecule has 4 aromatic heterocycles. The fourth-order valence-corrected chi connectivity index (χ4v) is 4.56. The van der Waals surface area contributed by atoms with Gasteiger partial charge in [0.15, 0.2) is 0 Å². The molecule has 0 aliphatic heterocycles. The van der Waals surface area contributed by atoms with E-state index in [1.54, 1.807) is 36.3 Å². The summed E-state index contributed by atoms with van der Waals surface area (Å²) in [4.78, 5) is 13.2. The van der Waals surface area contributed by atoms with Crippen molar-refractivity contribution in [3.05, 3.63) is 42.3 Å². The number of hydrogen-bond donors (Lipinski definition) is 0. The summed E-state index contributed by atoms with van der Waals surface area (Å²) < 4.78 is 44.8. The molecule has 0 unspecified atom stereocenters. The van der Waals surface area contributed by atoms with Crippen LogP contribution in [0.2, 0.25) is 0 Å². The SMILES string of the molecule is [2H]C([2H])(C1CCC(C)(F)CC1)n1cc(-c2cnc(OC)nc2)c2ncc(-c3c(C)noc3C)cc21. The molecule has 0 bridgehead atoms. The number of pyridine rings is 1. The molecule has 33 heavy (non-hydrogen) atoms. The highest BCUT2D eigenvalue weighted by atomic mass is 19.1. The first-order valence-electron chi connectivity index (χ1n) is 12.1. The van der Waals surface area contributed by atoms with Gasteiger partial charge >= 0.3 is 6.01 Å². The fraction of sp³-hybridized carbons (Fsp3) is 0.440. The van der Waals surface area contributed by atoms with E-state index >= 15 is 0 Å². The van der Waals surface area contributed by atoms with Gasteiger partial charge in [0.25, 0.3) is 0 Å². The topological polar surface area (TPSA) is 78.9 Å². The molecule has 1 saturated carbocycles. The number of alkyl halides is 1. The third-order valence-corrected chi connectivity index (χ3v) is 6.43. The van der Waals surface area contributed by atoms with Crippen molar-refractivity contribution in [2.24, 2.45) is 5.92 Å². The monoisotopic (exact) mass is 451 g/mol. The van der Waals surface area contributed by atoms with Crippen LogP contribution in [0.25, 0.3) is 33.3 Å². The highest BCUT2D eigenvalue weighted by Gasteiger charge is 2.31. The summed E-state index contributed by atoms with van der Waals surface area (Å²) in [6.45, 7) is 3.56. The minimum atomic E-state index is -1.75. The molecule has 0 saturated heterocycles. The lowest BCUT2D eigenvalue weighted by molar-refractivity contribution is 0.0985. The molecule has 1 aliphatic carbocycles. The average Bonchev–Trinajstić information content (AvgIpc) is 3.38. The van der Waals surface area contributed by atoms with Crippen molar-refractivity contribution in [1.82, 2.24) is 24.7 Å². The maximum atomic E-state index is 14.5. The van der Waals surface area contributed by atoms with Gasteiger partial charge in [0.05, 0.1) is 26.6 Å². The molecule has 172 valence electrons. The second kappa shape index (κ2) is 8.24. The minimum absolute atomic E-state index is 0.248. The van der Waals surface area contributed by atoms with E-state index < -0.39 is 12.2 Å². The maximum Gasteiger partial charge on any atom is 0.316 e. The Morgan fingerprint density at radius 3 is 2.52 bits per heavy atom. The number of methoxy groups -OCH3 is 1. The van der Waals surface area contributed by atoms with Crippen molar-refractivity contribution < 1.29 is 16.4 Å². The van der Waals surface area contributed by atoms with Crippen LogP contribution in [0.1, 0.15) is 46.8 Å². The summed E-state index contributed by atoms with van der Waals surface area (Å²) in [6, 6.07) is 2.17. The molecule has 0 N–H and O–H groups in total. The van der Waals surface area contributed by atoms with Gasteiger partial charge in [-0.2, -0.15) is 0 Å². The van der Waals surface area contributed by atoms with Crippen LogP contribution in [0.4, 0.5) is 4.39 Å². The predicted octanol–water partition coefficient (Wildman–Crippen LogP) is 5.69. The Kier molecular flexibility index (Phi) is 4.80. The molecule has 5 rings (SSSR count). The predicted molar refractivity (Wildman–Crippen MR) is 124 cm³/mol. The Hall–Kier alpha value is -3.29. The summed E-state index contributed by atoms with van der Waals surface area (Å²) in [6.07, 6.45) is 8.42. The largest absolute Gasteiger partial charge is 0.467 e. The highest BCUT2D eigenvalue weighted by molar-refractivity contribution is 5.94. The molecule has 0 atom stereocenters. The Balaban J connectivity index is 1.68.